The number of aromatic nitrogens is 1. The number of carboxylic acids is 1. The van der Waals surface area contributed by atoms with Gasteiger partial charge in [-0.05, 0) is 6.07 Å². The maximum atomic E-state index is 10.4. The Kier molecular flexibility index (Phi) is 3.78. The van der Waals surface area contributed by atoms with Crippen LogP contribution in [-0.2, 0) is 11.2 Å². The fourth-order valence-corrected chi connectivity index (χ4v) is 1.02. The lowest BCUT2D eigenvalue weighted by atomic mass is 9.81. The Balaban J connectivity index is 2.68. The van der Waals surface area contributed by atoms with Crippen LogP contribution in [0.4, 0.5) is 0 Å². The van der Waals surface area contributed by atoms with E-state index in [1.807, 2.05) is 0 Å². The molecule has 0 saturated carbocycles. The molecule has 1 heterocycles. The molecule has 0 fully saturated rings. The van der Waals surface area contributed by atoms with Crippen LogP contribution >= 0.6 is 0 Å². The van der Waals surface area contributed by atoms with E-state index in [1.165, 1.54) is 18.3 Å². The van der Waals surface area contributed by atoms with Crippen molar-refractivity contribution in [2.45, 2.75) is 12.5 Å². The van der Waals surface area contributed by atoms with E-state index in [0.717, 1.165) is 0 Å². The molecule has 1 atom stereocenters. The third-order valence-corrected chi connectivity index (χ3v) is 1.89. The Labute approximate surface area is 86.5 Å². The van der Waals surface area contributed by atoms with Gasteiger partial charge in [0.1, 0.15) is 6.04 Å². The minimum absolute atomic E-state index is 0.108. The van der Waals surface area contributed by atoms with Gasteiger partial charge in [0.2, 0.25) is 0 Å². The molecule has 80 valence electrons. The molecule has 0 radical (unpaired) electrons. The number of rotatable bonds is 4. The van der Waals surface area contributed by atoms with Crippen LogP contribution in [0.2, 0.25) is 0 Å². The Hall–Kier alpha value is -1.44. The molecule has 0 aromatic carbocycles. The minimum Gasteiger partial charge on any atom is -0.480 e. The zero-order valence-electron chi connectivity index (χ0n) is 7.87. The molecular formula is C8H11BN2O4. The molecule has 0 bridgehead atoms. The van der Waals surface area contributed by atoms with Crippen molar-refractivity contribution in [3.63, 3.8) is 0 Å². The quantitative estimate of drug-likeness (QED) is 0.416. The fourth-order valence-electron chi connectivity index (χ4n) is 1.02. The van der Waals surface area contributed by atoms with Gasteiger partial charge in [0, 0.05) is 23.8 Å². The SMILES string of the molecule is NC(Cc1ccc(B(O)O)cn1)C(=O)O. The Morgan fingerprint density at radius 3 is 2.60 bits per heavy atom. The molecule has 5 N–H and O–H groups in total. The molecule has 0 aliphatic carbocycles. The van der Waals surface area contributed by atoms with Crippen molar-refractivity contribution in [1.29, 1.82) is 0 Å². The van der Waals surface area contributed by atoms with Gasteiger partial charge in [0.05, 0.1) is 0 Å². The monoisotopic (exact) mass is 210 g/mol. The third kappa shape index (κ3) is 3.32. The second-order valence-corrected chi connectivity index (χ2v) is 3.11. The summed E-state index contributed by atoms with van der Waals surface area (Å²) in [5.74, 6) is -1.09. The van der Waals surface area contributed by atoms with E-state index in [0.29, 0.717) is 5.69 Å². The summed E-state index contributed by atoms with van der Waals surface area (Å²) in [7, 11) is -1.57. The van der Waals surface area contributed by atoms with E-state index in [1.54, 1.807) is 0 Å². The predicted octanol–water partition coefficient (Wildman–Crippen LogP) is -2.28. The highest BCUT2D eigenvalue weighted by Crippen LogP contribution is 1.97. The average molecular weight is 210 g/mol. The number of pyridine rings is 1. The molecular weight excluding hydrogens is 199 g/mol. The number of carbonyl (C=O) groups is 1. The summed E-state index contributed by atoms with van der Waals surface area (Å²) in [5.41, 5.74) is 6.06. The van der Waals surface area contributed by atoms with E-state index in [2.05, 4.69) is 4.98 Å². The van der Waals surface area contributed by atoms with Gasteiger partial charge in [0.15, 0.2) is 0 Å². The molecule has 6 nitrogen and oxygen atoms in total. The van der Waals surface area contributed by atoms with E-state index in [4.69, 9.17) is 20.9 Å². The predicted molar refractivity (Wildman–Crippen MR) is 53.4 cm³/mol. The zero-order valence-corrected chi connectivity index (χ0v) is 7.87. The van der Waals surface area contributed by atoms with Gasteiger partial charge >= 0.3 is 13.1 Å². The number of aliphatic carboxylic acids is 1. The summed E-state index contributed by atoms with van der Waals surface area (Å²) < 4.78 is 0. The van der Waals surface area contributed by atoms with Crippen molar-refractivity contribution >= 4 is 18.6 Å². The lowest BCUT2D eigenvalue weighted by molar-refractivity contribution is -0.138. The van der Waals surface area contributed by atoms with Crippen LogP contribution in [0.5, 0.6) is 0 Å². The summed E-state index contributed by atoms with van der Waals surface area (Å²) in [6, 6.07) is 1.97. The number of nitrogens with two attached hydrogens (primary N) is 1. The fraction of sp³-hybridized carbons (Fsp3) is 0.250. The summed E-state index contributed by atoms with van der Waals surface area (Å²) in [6.07, 6.45) is 1.38. The van der Waals surface area contributed by atoms with Crippen LogP contribution in [0.3, 0.4) is 0 Å². The molecule has 1 aromatic rings. The lowest BCUT2D eigenvalue weighted by Gasteiger charge is -2.06. The number of carboxylic acid groups (broad SMARTS) is 1. The summed E-state index contributed by atoms with van der Waals surface area (Å²) in [6.45, 7) is 0. The highest BCUT2D eigenvalue weighted by atomic mass is 16.4. The molecule has 7 heteroatoms. The van der Waals surface area contributed by atoms with Crippen molar-refractivity contribution in [2.24, 2.45) is 5.73 Å². The average Bonchev–Trinajstić information content (AvgIpc) is 2.18. The van der Waals surface area contributed by atoms with Gasteiger partial charge in [-0.1, -0.05) is 6.07 Å². The number of hydrogen-bond acceptors (Lipinski definition) is 5. The topological polar surface area (TPSA) is 117 Å². The first-order valence-electron chi connectivity index (χ1n) is 4.30. The van der Waals surface area contributed by atoms with Gasteiger partial charge in [0.25, 0.3) is 0 Å². The standard InChI is InChI=1S/C8H11BN2O4/c10-7(8(12)13)3-6-2-1-5(4-11-6)9(14)15/h1-2,4,7,14-15H,3,10H2,(H,12,13). The van der Waals surface area contributed by atoms with Crippen molar-refractivity contribution < 1.29 is 19.9 Å². The number of nitrogens with zero attached hydrogens (tertiary/aromatic N) is 1. The molecule has 0 saturated heterocycles. The molecule has 1 aromatic heterocycles. The van der Waals surface area contributed by atoms with Crippen LogP contribution in [0, 0.1) is 0 Å². The van der Waals surface area contributed by atoms with Crippen LogP contribution in [0.25, 0.3) is 0 Å². The summed E-state index contributed by atoms with van der Waals surface area (Å²) >= 11 is 0. The van der Waals surface area contributed by atoms with Crippen molar-refractivity contribution in [1.82, 2.24) is 4.98 Å². The maximum Gasteiger partial charge on any atom is 0.490 e. The van der Waals surface area contributed by atoms with Crippen molar-refractivity contribution in [3.05, 3.63) is 24.0 Å². The summed E-state index contributed by atoms with van der Waals surface area (Å²) in [4.78, 5) is 14.3. The van der Waals surface area contributed by atoms with E-state index in [9.17, 15) is 4.79 Å². The first-order chi connectivity index (χ1) is 7.00. The molecule has 1 unspecified atom stereocenters. The van der Waals surface area contributed by atoms with Crippen LogP contribution in [-0.4, -0.2) is 39.3 Å². The van der Waals surface area contributed by atoms with Crippen molar-refractivity contribution in [2.75, 3.05) is 0 Å². The highest BCUT2D eigenvalue weighted by Gasteiger charge is 2.14. The third-order valence-electron chi connectivity index (χ3n) is 1.89. The normalized spacial score (nSPS) is 12.2. The molecule has 0 amide bonds. The molecule has 1 rings (SSSR count). The zero-order chi connectivity index (χ0) is 11.4. The van der Waals surface area contributed by atoms with Crippen molar-refractivity contribution in [3.8, 4) is 0 Å². The van der Waals surface area contributed by atoms with Crippen LogP contribution in [0.15, 0.2) is 18.3 Å². The molecule has 0 aliphatic rings. The van der Waals surface area contributed by atoms with Crippen LogP contribution < -0.4 is 11.2 Å². The van der Waals surface area contributed by atoms with Gasteiger partial charge in [-0.15, -0.1) is 0 Å². The largest absolute Gasteiger partial charge is 0.490 e. The minimum atomic E-state index is -1.57. The van der Waals surface area contributed by atoms with Gasteiger partial charge in [-0.3, -0.25) is 9.78 Å². The van der Waals surface area contributed by atoms with E-state index < -0.39 is 19.1 Å². The van der Waals surface area contributed by atoms with Crippen LogP contribution in [0.1, 0.15) is 5.69 Å². The molecule has 15 heavy (non-hydrogen) atoms. The maximum absolute atomic E-state index is 10.4. The highest BCUT2D eigenvalue weighted by molar-refractivity contribution is 6.58. The Morgan fingerprint density at radius 2 is 2.20 bits per heavy atom. The first kappa shape index (κ1) is 11.6. The van der Waals surface area contributed by atoms with E-state index in [-0.39, 0.29) is 11.9 Å². The molecule has 0 spiro atoms. The number of hydrogen-bond donors (Lipinski definition) is 4. The lowest BCUT2D eigenvalue weighted by Crippen LogP contribution is -2.33. The Morgan fingerprint density at radius 1 is 1.53 bits per heavy atom. The van der Waals surface area contributed by atoms with Gasteiger partial charge in [-0.25, -0.2) is 0 Å². The van der Waals surface area contributed by atoms with E-state index >= 15 is 0 Å². The molecule has 0 aliphatic heterocycles. The Bertz CT molecular complexity index is 341. The van der Waals surface area contributed by atoms with Gasteiger partial charge < -0.3 is 20.9 Å². The second kappa shape index (κ2) is 4.88. The smallest absolute Gasteiger partial charge is 0.480 e. The first-order valence-corrected chi connectivity index (χ1v) is 4.30. The second-order valence-electron chi connectivity index (χ2n) is 3.11. The van der Waals surface area contributed by atoms with Gasteiger partial charge in [-0.2, -0.15) is 0 Å². The summed E-state index contributed by atoms with van der Waals surface area (Å²) in [5, 5.41) is 26.1.